The molecule has 0 spiro atoms. The minimum Gasteiger partial charge on any atom is -0.511 e. The molecule has 8 nitrogen and oxygen atoms in total. The molecular formula is C27H34N2O6. The van der Waals surface area contributed by atoms with Crippen molar-refractivity contribution < 1.29 is 30.0 Å². The number of anilines is 2. The van der Waals surface area contributed by atoms with Gasteiger partial charge in [-0.25, -0.2) is 0 Å². The lowest BCUT2D eigenvalue weighted by Gasteiger charge is -2.28. The van der Waals surface area contributed by atoms with Gasteiger partial charge in [0.2, 0.25) is 11.8 Å². The van der Waals surface area contributed by atoms with Crippen LogP contribution in [0.2, 0.25) is 0 Å². The number of hydrogen-bond donors (Lipinski definition) is 6. The first-order valence-electron chi connectivity index (χ1n) is 11.4. The molecule has 35 heavy (non-hydrogen) atoms. The fraction of sp³-hybridized carbons (Fsp3) is 0.333. The molecule has 0 saturated heterocycles. The highest BCUT2D eigenvalue weighted by Crippen LogP contribution is 2.34. The van der Waals surface area contributed by atoms with Gasteiger partial charge in [0.05, 0.1) is 13.2 Å². The van der Waals surface area contributed by atoms with Crippen molar-refractivity contribution in [3.05, 3.63) is 71.2 Å². The number of amides is 2. The zero-order chi connectivity index (χ0) is 26.2. The third-order valence-corrected chi connectivity index (χ3v) is 5.53. The number of nitrogens with one attached hydrogen (secondary N) is 2. The van der Waals surface area contributed by atoms with Crippen LogP contribution in [0.15, 0.2) is 60.0 Å². The van der Waals surface area contributed by atoms with E-state index in [2.05, 4.69) is 10.6 Å². The van der Waals surface area contributed by atoms with Crippen LogP contribution in [-0.2, 0) is 9.59 Å². The van der Waals surface area contributed by atoms with Crippen molar-refractivity contribution in [3.63, 3.8) is 0 Å². The van der Waals surface area contributed by atoms with E-state index in [9.17, 15) is 30.0 Å². The van der Waals surface area contributed by atoms with E-state index < -0.39 is 30.1 Å². The molecule has 6 N–H and O–H groups in total. The summed E-state index contributed by atoms with van der Waals surface area (Å²) in [6.45, 7) is 5.64. The molecule has 0 aliphatic heterocycles. The average molecular weight is 483 g/mol. The summed E-state index contributed by atoms with van der Waals surface area (Å²) < 4.78 is 0. The molecule has 0 heterocycles. The molecule has 0 aliphatic rings. The van der Waals surface area contributed by atoms with E-state index in [1.54, 1.807) is 76.2 Å². The molecule has 0 fully saturated rings. The van der Waals surface area contributed by atoms with Crippen LogP contribution in [0.1, 0.15) is 38.8 Å². The van der Waals surface area contributed by atoms with Crippen molar-refractivity contribution in [2.75, 3.05) is 23.8 Å². The highest BCUT2D eigenvalue weighted by Gasteiger charge is 2.38. The maximum atomic E-state index is 11.8. The van der Waals surface area contributed by atoms with Gasteiger partial charge in [0, 0.05) is 23.2 Å². The van der Waals surface area contributed by atoms with E-state index >= 15 is 0 Å². The van der Waals surface area contributed by atoms with Gasteiger partial charge in [0.15, 0.2) is 0 Å². The summed E-state index contributed by atoms with van der Waals surface area (Å²) in [6.07, 6.45) is 2.66. The van der Waals surface area contributed by atoms with Crippen molar-refractivity contribution in [1.29, 1.82) is 0 Å². The Hall–Kier alpha value is -3.62. The Bertz CT molecular complexity index is 982. The molecule has 188 valence electrons. The first-order chi connectivity index (χ1) is 16.5. The molecule has 0 aromatic heterocycles. The average Bonchev–Trinajstić information content (AvgIpc) is 2.82. The van der Waals surface area contributed by atoms with Crippen molar-refractivity contribution in [2.45, 2.75) is 27.7 Å². The fourth-order valence-corrected chi connectivity index (χ4v) is 3.00. The van der Waals surface area contributed by atoms with Crippen molar-refractivity contribution >= 4 is 35.3 Å². The maximum Gasteiger partial charge on any atom is 0.226 e. The molecule has 0 bridgehead atoms. The summed E-state index contributed by atoms with van der Waals surface area (Å²) in [5.74, 6) is -1.45. The van der Waals surface area contributed by atoms with Gasteiger partial charge < -0.3 is 31.1 Å². The third-order valence-electron chi connectivity index (χ3n) is 5.53. The normalized spacial score (nSPS) is 12.7. The van der Waals surface area contributed by atoms with Gasteiger partial charge in [-0.05, 0) is 47.5 Å². The number of rotatable bonds is 10. The number of hydrogen-bond acceptors (Lipinski definition) is 6. The molecule has 0 atom stereocenters. The minimum atomic E-state index is -1.82. The molecule has 8 heteroatoms. The SMILES string of the molecule is CC(C)C(=O)Nc1ccc(C=C(O)C(CO)(CO)C(O)=Cc2ccc(NC(=O)C(C)C)cc2)cc1. The fourth-order valence-electron chi connectivity index (χ4n) is 3.00. The van der Waals surface area contributed by atoms with Gasteiger partial charge in [-0.2, -0.15) is 0 Å². The number of benzene rings is 2. The van der Waals surface area contributed by atoms with Crippen LogP contribution in [0, 0.1) is 17.3 Å². The number of carbonyl (C=O) groups excluding carboxylic acids is 2. The summed E-state index contributed by atoms with van der Waals surface area (Å²) in [4.78, 5) is 23.7. The molecule has 0 radical (unpaired) electrons. The van der Waals surface area contributed by atoms with Crippen molar-refractivity contribution in [1.82, 2.24) is 0 Å². The summed E-state index contributed by atoms with van der Waals surface area (Å²) in [7, 11) is 0. The second kappa shape index (κ2) is 12.2. The Morgan fingerprint density at radius 1 is 0.714 bits per heavy atom. The highest BCUT2D eigenvalue weighted by molar-refractivity contribution is 5.92. The quantitative estimate of drug-likeness (QED) is 0.278. The van der Waals surface area contributed by atoms with Crippen molar-refractivity contribution in [3.8, 4) is 0 Å². The first-order valence-corrected chi connectivity index (χ1v) is 11.4. The molecule has 0 aliphatic carbocycles. The molecular weight excluding hydrogens is 448 g/mol. The molecule has 2 amide bonds. The topological polar surface area (TPSA) is 139 Å². The lowest BCUT2D eigenvalue weighted by Crippen LogP contribution is -2.34. The lowest BCUT2D eigenvalue weighted by atomic mass is 9.83. The van der Waals surface area contributed by atoms with Gasteiger partial charge in [-0.3, -0.25) is 9.59 Å². The number of aliphatic hydroxyl groups is 4. The smallest absolute Gasteiger partial charge is 0.226 e. The molecule has 0 unspecified atom stereocenters. The van der Waals surface area contributed by atoms with Gasteiger partial charge in [-0.15, -0.1) is 0 Å². The summed E-state index contributed by atoms with van der Waals surface area (Å²) >= 11 is 0. The Morgan fingerprint density at radius 2 is 1.03 bits per heavy atom. The van der Waals surface area contributed by atoms with E-state index in [0.29, 0.717) is 22.5 Å². The predicted octanol–water partition coefficient (Wildman–Crippen LogP) is 4.34. The lowest BCUT2D eigenvalue weighted by molar-refractivity contribution is -0.119. The number of carbonyl (C=O) groups is 2. The minimum absolute atomic E-state index is 0.124. The molecule has 2 aromatic carbocycles. The van der Waals surface area contributed by atoms with E-state index in [1.165, 1.54) is 12.2 Å². The Kier molecular flexibility index (Phi) is 9.62. The Balaban J connectivity index is 2.26. The largest absolute Gasteiger partial charge is 0.511 e. The Labute approximate surface area is 205 Å². The highest BCUT2D eigenvalue weighted by atomic mass is 16.3. The summed E-state index contributed by atoms with van der Waals surface area (Å²) in [5.41, 5.74) is 0.428. The van der Waals surface area contributed by atoms with Gasteiger partial charge >= 0.3 is 0 Å². The Morgan fingerprint density at radius 3 is 1.29 bits per heavy atom. The van der Waals surface area contributed by atoms with Crippen LogP contribution in [0.25, 0.3) is 12.2 Å². The van der Waals surface area contributed by atoms with E-state index in [-0.39, 0.29) is 23.7 Å². The predicted molar refractivity (Wildman–Crippen MR) is 138 cm³/mol. The van der Waals surface area contributed by atoms with E-state index in [1.807, 2.05) is 0 Å². The standard InChI is InChI=1S/C27H34N2O6/c1-17(2)25(34)28-21-9-5-19(6-10-21)13-23(32)27(15-30,16-31)24(33)14-20-7-11-22(12-8-20)29-26(35)18(3)4/h5-14,17-18,30-33H,15-16H2,1-4H3,(H,28,34)(H,29,35). The molecule has 2 rings (SSSR count). The van der Waals surface area contributed by atoms with Gasteiger partial charge in [0.1, 0.15) is 16.9 Å². The summed E-state index contributed by atoms with van der Waals surface area (Å²) in [6, 6.07) is 13.2. The van der Waals surface area contributed by atoms with Crippen LogP contribution < -0.4 is 10.6 Å². The third kappa shape index (κ3) is 7.18. The second-order valence-electron chi connectivity index (χ2n) is 8.99. The van der Waals surface area contributed by atoms with E-state index in [0.717, 1.165) is 0 Å². The van der Waals surface area contributed by atoms with Crippen molar-refractivity contribution in [2.24, 2.45) is 17.3 Å². The molecule has 2 aromatic rings. The maximum absolute atomic E-state index is 11.8. The van der Waals surface area contributed by atoms with Crippen LogP contribution in [0.3, 0.4) is 0 Å². The number of aliphatic hydroxyl groups excluding tert-OH is 4. The van der Waals surface area contributed by atoms with Crippen LogP contribution in [0.4, 0.5) is 11.4 Å². The first kappa shape index (κ1) is 27.6. The summed E-state index contributed by atoms with van der Waals surface area (Å²) in [5, 5.41) is 47.1. The van der Waals surface area contributed by atoms with Crippen LogP contribution in [0.5, 0.6) is 0 Å². The second-order valence-corrected chi connectivity index (χ2v) is 8.99. The monoisotopic (exact) mass is 482 g/mol. The molecule has 0 saturated carbocycles. The van der Waals surface area contributed by atoms with Crippen LogP contribution in [-0.4, -0.2) is 45.5 Å². The van der Waals surface area contributed by atoms with Gasteiger partial charge in [0.25, 0.3) is 0 Å². The van der Waals surface area contributed by atoms with E-state index in [4.69, 9.17) is 0 Å². The zero-order valence-electron chi connectivity index (χ0n) is 20.4. The van der Waals surface area contributed by atoms with Crippen LogP contribution >= 0.6 is 0 Å². The van der Waals surface area contributed by atoms with Gasteiger partial charge in [-0.1, -0.05) is 52.0 Å². The zero-order valence-corrected chi connectivity index (χ0v) is 20.4.